The molecule has 1 aliphatic rings. The molecule has 0 aromatic rings. The number of hydrogen-bond acceptors (Lipinski definition) is 2. The van der Waals surface area contributed by atoms with Crippen molar-refractivity contribution in [2.24, 2.45) is 4.99 Å². The minimum Gasteiger partial charge on any atom is -0.298 e. The normalized spacial score (nSPS) is 19.8. The lowest BCUT2D eigenvalue weighted by Crippen LogP contribution is -2.02. The number of nitrogens with zero attached hydrogens (tertiary/aromatic N) is 2. The Morgan fingerprint density at radius 2 is 2.67 bits per heavy atom. The number of aliphatic imine (C=N–C) groups is 1. The SMILES string of the molecule is BrN1C=NCC1. The van der Waals surface area contributed by atoms with Crippen molar-refractivity contribution in [1.29, 1.82) is 0 Å². The van der Waals surface area contributed by atoms with Gasteiger partial charge in [0.25, 0.3) is 0 Å². The second kappa shape index (κ2) is 1.60. The van der Waals surface area contributed by atoms with Crippen LogP contribution in [0.1, 0.15) is 0 Å². The van der Waals surface area contributed by atoms with Crippen molar-refractivity contribution in [2.45, 2.75) is 0 Å². The van der Waals surface area contributed by atoms with Crippen LogP contribution < -0.4 is 0 Å². The summed E-state index contributed by atoms with van der Waals surface area (Å²) in [6.45, 7) is 1.95. The van der Waals surface area contributed by atoms with Gasteiger partial charge in [-0.2, -0.15) is 0 Å². The molecular formula is C3H5BrN2. The summed E-state index contributed by atoms with van der Waals surface area (Å²) in [6, 6.07) is 0. The van der Waals surface area contributed by atoms with E-state index < -0.39 is 0 Å². The molecule has 0 atom stereocenters. The average Bonchev–Trinajstić information content (AvgIpc) is 1.86. The van der Waals surface area contributed by atoms with E-state index in [2.05, 4.69) is 21.1 Å². The Morgan fingerprint density at radius 1 is 1.83 bits per heavy atom. The molecule has 0 fully saturated rings. The van der Waals surface area contributed by atoms with Crippen LogP contribution in [0.3, 0.4) is 0 Å². The average molecular weight is 149 g/mol. The van der Waals surface area contributed by atoms with Crippen molar-refractivity contribution < 1.29 is 0 Å². The highest BCUT2D eigenvalue weighted by atomic mass is 79.9. The number of halogens is 1. The van der Waals surface area contributed by atoms with Gasteiger partial charge in [-0.25, -0.2) is 0 Å². The predicted molar refractivity (Wildman–Crippen MR) is 29.0 cm³/mol. The van der Waals surface area contributed by atoms with Gasteiger partial charge in [0.05, 0.1) is 35.6 Å². The van der Waals surface area contributed by atoms with Gasteiger partial charge in [0, 0.05) is 0 Å². The molecule has 1 heterocycles. The minimum absolute atomic E-state index is 0.936. The van der Waals surface area contributed by atoms with Gasteiger partial charge in [-0.1, -0.05) is 0 Å². The molecular weight excluding hydrogens is 144 g/mol. The largest absolute Gasteiger partial charge is 0.298 e. The van der Waals surface area contributed by atoms with Gasteiger partial charge in [-0.05, 0) is 0 Å². The summed E-state index contributed by atoms with van der Waals surface area (Å²) in [7, 11) is 0. The van der Waals surface area contributed by atoms with Crippen LogP contribution in [-0.2, 0) is 0 Å². The van der Waals surface area contributed by atoms with E-state index in [0.29, 0.717) is 0 Å². The van der Waals surface area contributed by atoms with Crippen molar-refractivity contribution in [1.82, 2.24) is 3.93 Å². The fourth-order valence-corrected chi connectivity index (χ4v) is 0.645. The molecule has 1 aliphatic heterocycles. The summed E-state index contributed by atoms with van der Waals surface area (Å²) in [5, 5.41) is 0. The molecule has 0 bridgehead atoms. The fraction of sp³-hybridized carbons (Fsp3) is 0.667. The summed E-state index contributed by atoms with van der Waals surface area (Å²) in [5.41, 5.74) is 0. The Kier molecular flexibility index (Phi) is 1.10. The summed E-state index contributed by atoms with van der Waals surface area (Å²) in [6.07, 6.45) is 1.78. The van der Waals surface area contributed by atoms with Gasteiger partial charge < -0.3 is 0 Å². The first-order valence-electron chi connectivity index (χ1n) is 1.82. The molecule has 0 unspecified atom stereocenters. The number of rotatable bonds is 0. The van der Waals surface area contributed by atoms with Gasteiger partial charge in [0.15, 0.2) is 0 Å². The van der Waals surface area contributed by atoms with Gasteiger partial charge >= 0.3 is 0 Å². The molecule has 0 spiro atoms. The third kappa shape index (κ3) is 0.712. The zero-order chi connectivity index (χ0) is 4.41. The Hall–Kier alpha value is -0.0500. The number of hydrogen-bond donors (Lipinski definition) is 0. The van der Waals surface area contributed by atoms with Gasteiger partial charge in [0.2, 0.25) is 0 Å². The molecule has 0 aliphatic carbocycles. The predicted octanol–water partition coefficient (Wildman–Crippen LogP) is 0.640. The highest BCUT2D eigenvalue weighted by Crippen LogP contribution is 1.97. The summed E-state index contributed by atoms with van der Waals surface area (Å²) in [5.74, 6) is 0. The van der Waals surface area contributed by atoms with Crippen LogP contribution in [0.25, 0.3) is 0 Å². The van der Waals surface area contributed by atoms with E-state index in [1.807, 2.05) is 3.93 Å². The monoisotopic (exact) mass is 148 g/mol. The van der Waals surface area contributed by atoms with Gasteiger partial charge in [-0.3, -0.25) is 8.92 Å². The second-order valence-electron chi connectivity index (χ2n) is 1.14. The van der Waals surface area contributed by atoms with Crippen LogP contribution >= 0.6 is 16.1 Å². The summed E-state index contributed by atoms with van der Waals surface area (Å²) < 4.78 is 1.88. The van der Waals surface area contributed by atoms with Gasteiger partial charge in [-0.15, -0.1) is 0 Å². The van der Waals surface area contributed by atoms with E-state index in [1.165, 1.54) is 0 Å². The van der Waals surface area contributed by atoms with Crippen LogP contribution in [-0.4, -0.2) is 23.4 Å². The van der Waals surface area contributed by atoms with Crippen LogP contribution in [0.5, 0.6) is 0 Å². The molecule has 1 rings (SSSR count). The molecule has 6 heavy (non-hydrogen) atoms. The maximum Gasteiger partial charge on any atom is 0.0950 e. The molecule has 0 N–H and O–H groups in total. The topological polar surface area (TPSA) is 15.6 Å². The van der Waals surface area contributed by atoms with Crippen molar-refractivity contribution in [3.05, 3.63) is 0 Å². The van der Waals surface area contributed by atoms with Crippen molar-refractivity contribution in [2.75, 3.05) is 13.1 Å². The van der Waals surface area contributed by atoms with Crippen LogP contribution in [0.4, 0.5) is 0 Å². The first-order chi connectivity index (χ1) is 2.89. The zero-order valence-corrected chi connectivity index (χ0v) is 4.85. The van der Waals surface area contributed by atoms with E-state index in [1.54, 1.807) is 6.34 Å². The maximum absolute atomic E-state index is 3.92. The van der Waals surface area contributed by atoms with Gasteiger partial charge in [0.1, 0.15) is 0 Å². The quantitative estimate of drug-likeness (QED) is 0.461. The summed E-state index contributed by atoms with van der Waals surface area (Å²) >= 11 is 3.22. The van der Waals surface area contributed by atoms with E-state index in [4.69, 9.17) is 0 Å². The standard InChI is InChI=1S/C3H5BrN2/c4-6-2-1-5-3-6/h3H,1-2H2. The lowest BCUT2D eigenvalue weighted by molar-refractivity contribution is 0.770. The first-order valence-corrected chi connectivity index (χ1v) is 2.53. The summed E-state index contributed by atoms with van der Waals surface area (Å²) in [4.78, 5) is 3.92. The maximum atomic E-state index is 3.92. The molecule has 0 saturated heterocycles. The third-order valence-electron chi connectivity index (χ3n) is 0.650. The Morgan fingerprint density at radius 3 is 2.83 bits per heavy atom. The lowest BCUT2D eigenvalue weighted by atomic mass is 10.7. The molecule has 0 saturated carbocycles. The van der Waals surface area contributed by atoms with Crippen LogP contribution in [0.15, 0.2) is 4.99 Å². The van der Waals surface area contributed by atoms with Crippen LogP contribution in [0.2, 0.25) is 0 Å². The molecule has 0 amide bonds. The van der Waals surface area contributed by atoms with Crippen molar-refractivity contribution >= 4 is 22.5 Å². The molecule has 0 aromatic heterocycles. The van der Waals surface area contributed by atoms with Crippen molar-refractivity contribution in [3.8, 4) is 0 Å². The first kappa shape index (κ1) is 4.12. The highest BCUT2D eigenvalue weighted by Gasteiger charge is 1.96. The highest BCUT2D eigenvalue weighted by molar-refractivity contribution is 9.07. The second-order valence-corrected chi connectivity index (χ2v) is 2.06. The molecule has 0 aromatic carbocycles. The minimum atomic E-state index is 0.936. The van der Waals surface area contributed by atoms with Crippen LogP contribution in [0, 0.1) is 0 Å². The Labute approximate surface area is 45.2 Å². The van der Waals surface area contributed by atoms with E-state index in [9.17, 15) is 0 Å². The molecule has 2 nitrogen and oxygen atoms in total. The van der Waals surface area contributed by atoms with E-state index in [0.717, 1.165) is 13.1 Å². The lowest BCUT2D eigenvalue weighted by Gasteiger charge is -1.95. The molecule has 0 radical (unpaired) electrons. The molecule has 3 heteroatoms. The zero-order valence-electron chi connectivity index (χ0n) is 3.26. The van der Waals surface area contributed by atoms with E-state index >= 15 is 0 Å². The van der Waals surface area contributed by atoms with Crippen molar-refractivity contribution in [3.63, 3.8) is 0 Å². The third-order valence-corrected chi connectivity index (χ3v) is 1.19. The fourth-order valence-electron chi connectivity index (χ4n) is 0.357. The Balaban J connectivity index is 2.38. The Bertz CT molecular complexity index is 71.2. The van der Waals surface area contributed by atoms with E-state index in [-0.39, 0.29) is 0 Å². The smallest absolute Gasteiger partial charge is 0.0950 e. The molecule has 34 valence electrons.